The van der Waals surface area contributed by atoms with Crippen molar-refractivity contribution in [3.8, 4) is 5.75 Å². The Morgan fingerprint density at radius 2 is 1.93 bits per heavy atom. The SMILES string of the molecule is Oc1c(Br)cc([C@H]2CCCN2)cc1Br. The van der Waals surface area contributed by atoms with Crippen LogP contribution in [0.1, 0.15) is 24.4 Å². The minimum Gasteiger partial charge on any atom is -0.506 e. The molecular formula is C10H11Br2NO. The maximum absolute atomic E-state index is 9.56. The summed E-state index contributed by atoms with van der Waals surface area (Å²) < 4.78 is 1.49. The number of phenolic OH excluding ortho intramolecular Hbond substituents is 1. The Hall–Kier alpha value is -0.0600. The van der Waals surface area contributed by atoms with Crippen molar-refractivity contribution in [1.29, 1.82) is 0 Å². The smallest absolute Gasteiger partial charge is 0.143 e. The molecule has 1 aromatic rings. The van der Waals surface area contributed by atoms with Gasteiger partial charge >= 0.3 is 0 Å². The van der Waals surface area contributed by atoms with Crippen LogP contribution in [0.4, 0.5) is 0 Å². The Labute approximate surface area is 100.0 Å². The van der Waals surface area contributed by atoms with Gasteiger partial charge in [-0.25, -0.2) is 0 Å². The summed E-state index contributed by atoms with van der Waals surface area (Å²) in [5.74, 6) is 0.270. The average molecular weight is 321 g/mol. The van der Waals surface area contributed by atoms with E-state index in [0.29, 0.717) is 6.04 Å². The first-order chi connectivity index (χ1) is 6.68. The molecule has 1 heterocycles. The summed E-state index contributed by atoms with van der Waals surface area (Å²) in [7, 11) is 0. The number of nitrogens with one attached hydrogen (secondary N) is 1. The highest BCUT2D eigenvalue weighted by Gasteiger charge is 2.18. The first kappa shape index (κ1) is 10.5. The topological polar surface area (TPSA) is 32.3 Å². The summed E-state index contributed by atoms with van der Waals surface area (Å²) in [5.41, 5.74) is 1.22. The molecule has 2 nitrogen and oxygen atoms in total. The van der Waals surface area contributed by atoms with Gasteiger partial charge in [0.05, 0.1) is 8.95 Å². The minimum atomic E-state index is 0.270. The van der Waals surface area contributed by atoms with E-state index in [4.69, 9.17) is 0 Å². The first-order valence-corrected chi connectivity index (χ1v) is 6.18. The van der Waals surface area contributed by atoms with Gasteiger partial charge in [-0.1, -0.05) is 0 Å². The molecular weight excluding hydrogens is 310 g/mol. The molecule has 76 valence electrons. The second kappa shape index (κ2) is 4.21. The largest absolute Gasteiger partial charge is 0.506 e. The van der Waals surface area contributed by atoms with Crippen LogP contribution in [0.3, 0.4) is 0 Å². The van der Waals surface area contributed by atoms with Crippen LogP contribution >= 0.6 is 31.9 Å². The standard InChI is InChI=1S/C10H11Br2NO/c11-7-4-6(5-8(12)10(7)14)9-2-1-3-13-9/h4-5,9,13-14H,1-3H2/t9-/m1/s1. The van der Waals surface area contributed by atoms with Crippen molar-refractivity contribution in [1.82, 2.24) is 5.32 Å². The maximum Gasteiger partial charge on any atom is 0.143 e. The van der Waals surface area contributed by atoms with E-state index in [1.54, 1.807) is 0 Å². The molecule has 0 aliphatic carbocycles. The quantitative estimate of drug-likeness (QED) is 0.831. The van der Waals surface area contributed by atoms with Crippen molar-refractivity contribution < 1.29 is 5.11 Å². The highest BCUT2D eigenvalue weighted by atomic mass is 79.9. The van der Waals surface area contributed by atoms with Crippen molar-refractivity contribution in [3.63, 3.8) is 0 Å². The van der Waals surface area contributed by atoms with Crippen molar-refractivity contribution in [2.45, 2.75) is 18.9 Å². The number of rotatable bonds is 1. The molecule has 0 radical (unpaired) electrons. The Morgan fingerprint density at radius 1 is 1.29 bits per heavy atom. The van der Waals surface area contributed by atoms with Gasteiger partial charge in [0, 0.05) is 6.04 Å². The third-order valence-electron chi connectivity index (χ3n) is 2.50. The number of aromatic hydroxyl groups is 1. The van der Waals surface area contributed by atoms with Crippen LogP contribution in [0.15, 0.2) is 21.1 Å². The van der Waals surface area contributed by atoms with Gasteiger partial charge in [0.1, 0.15) is 5.75 Å². The van der Waals surface area contributed by atoms with Crippen molar-refractivity contribution in [2.75, 3.05) is 6.54 Å². The van der Waals surface area contributed by atoms with Crippen LogP contribution in [0, 0.1) is 0 Å². The first-order valence-electron chi connectivity index (χ1n) is 4.60. The van der Waals surface area contributed by atoms with Crippen LogP contribution in [0.5, 0.6) is 5.75 Å². The lowest BCUT2D eigenvalue weighted by Crippen LogP contribution is -2.12. The molecule has 4 heteroatoms. The third-order valence-corrected chi connectivity index (χ3v) is 3.71. The number of phenols is 1. The van der Waals surface area contributed by atoms with E-state index < -0.39 is 0 Å². The van der Waals surface area contributed by atoms with Gasteiger partial charge in [-0.2, -0.15) is 0 Å². The molecule has 0 bridgehead atoms. The lowest BCUT2D eigenvalue weighted by molar-refractivity contribution is 0.467. The van der Waals surface area contributed by atoms with Gasteiger partial charge in [-0.15, -0.1) is 0 Å². The fraction of sp³-hybridized carbons (Fsp3) is 0.400. The van der Waals surface area contributed by atoms with E-state index in [0.717, 1.165) is 15.5 Å². The lowest BCUT2D eigenvalue weighted by atomic mass is 10.1. The molecule has 1 atom stereocenters. The number of halogens is 2. The van der Waals surface area contributed by atoms with Crippen LogP contribution < -0.4 is 5.32 Å². The second-order valence-electron chi connectivity index (χ2n) is 3.48. The van der Waals surface area contributed by atoms with Crippen LogP contribution in [-0.4, -0.2) is 11.7 Å². The van der Waals surface area contributed by atoms with Crippen molar-refractivity contribution in [2.24, 2.45) is 0 Å². The average Bonchev–Trinajstić information content (AvgIpc) is 2.66. The van der Waals surface area contributed by atoms with Gasteiger partial charge in [-0.3, -0.25) is 0 Å². The number of hydrogen-bond donors (Lipinski definition) is 2. The van der Waals surface area contributed by atoms with E-state index in [1.807, 2.05) is 12.1 Å². The zero-order valence-electron chi connectivity index (χ0n) is 7.56. The molecule has 1 aliphatic rings. The summed E-state index contributed by atoms with van der Waals surface area (Å²) in [6.07, 6.45) is 2.39. The molecule has 1 aliphatic heterocycles. The second-order valence-corrected chi connectivity index (χ2v) is 5.19. The highest BCUT2D eigenvalue weighted by molar-refractivity contribution is 9.11. The monoisotopic (exact) mass is 319 g/mol. The van der Waals surface area contributed by atoms with E-state index in [9.17, 15) is 5.11 Å². The molecule has 0 aromatic heterocycles. The number of hydrogen-bond acceptors (Lipinski definition) is 2. The Bertz CT molecular complexity index is 325. The van der Waals surface area contributed by atoms with Crippen molar-refractivity contribution >= 4 is 31.9 Å². The lowest BCUT2D eigenvalue weighted by Gasteiger charge is -2.12. The molecule has 1 fully saturated rings. The molecule has 1 aromatic carbocycles. The fourth-order valence-electron chi connectivity index (χ4n) is 1.76. The molecule has 2 rings (SSSR count). The molecule has 0 saturated carbocycles. The normalized spacial score (nSPS) is 21.4. The van der Waals surface area contributed by atoms with E-state index in [1.165, 1.54) is 18.4 Å². The summed E-state index contributed by atoms with van der Waals surface area (Å²) in [5, 5.41) is 13.0. The van der Waals surface area contributed by atoms with Crippen molar-refractivity contribution in [3.05, 3.63) is 26.6 Å². The molecule has 2 N–H and O–H groups in total. The summed E-state index contributed by atoms with van der Waals surface area (Å²) in [4.78, 5) is 0. The van der Waals surface area contributed by atoms with Gasteiger partial charge in [-0.05, 0) is 68.9 Å². The van der Waals surface area contributed by atoms with Crippen LogP contribution in [-0.2, 0) is 0 Å². The Balaban J connectivity index is 2.34. The summed E-state index contributed by atoms with van der Waals surface area (Å²) in [6, 6.07) is 4.38. The fourth-order valence-corrected chi connectivity index (χ4v) is 2.98. The third kappa shape index (κ3) is 1.97. The zero-order chi connectivity index (χ0) is 10.1. The predicted octanol–water partition coefficient (Wildman–Crippen LogP) is 3.34. The van der Waals surface area contributed by atoms with Gasteiger partial charge < -0.3 is 10.4 Å². The Kier molecular flexibility index (Phi) is 3.14. The van der Waals surface area contributed by atoms with E-state index in [-0.39, 0.29) is 5.75 Å². The molecule has 0 spiro atoms. The van der Waals surface area contributed by atoms with Gasteiger partial charge in [0.2, 0.25) is 0 Å². The molecule has 1 saturated heterocycles. The van der Waals surface area contributed by atoms with Gasteiger partial charge in [0.15, 0.2) is 0 Å². The molecule has 14 heavy (non-hydrogen) atoms. The van der Waals surface area contributed by atoms with Crippen LogP contribution in [0.25, 0.3) is 0 Å². The van der Waals surface area contributed by atoms with E-state index >= 15 is 0 Å². The minimum absolute atomic E-state index is 0.270. The molecule has 0 unspecified atom stereocenters. The predicted molar refractivity (Wildman–Crippen MR) is 63.5 cm³/mol. The van der Waals surface area contributed by atoms with Gasteiger partial charge in [0.25, 0.3) is 0 Å². The van der Waals surface area contributed by atoms with Crippen LogP contribution in [0.2, 0.25) is 0 Å². The highest BCUT2D eigenvalue weighted by Crippen LogP contribution is 2.36. The number of benzene rings is 1. The van der Waals surface area contributed by atoms with E-state index in [2.05, 4.69) is 37.2 Å². The summed E-state index contributed by atoms with van der Waals surface area (Å²) >= 11 is 6.67. The maximum atomic E-state index is 9.56. The summed E-state index contributed by atoms with van der Waals surface area (Å²) in [6.45, 7) is 1.08. The zero-order valence-corrected chi connectivity index (χ0v) is 10.7. The molecule has 0 amide bonds. The Morgan fingerprint density at radius 3 is 2.43 bits per heavy atom.